The van der Waals surface area contributed by atoms with E-state index in [4.69, 9.17) is 0 Å². The van der Waals surface area contributed by atoms with Crippen LogP contribution in [0.2, 0.25) is 0 Å². The van der Waals surface area contributed by atoms with Crippen molar-refractivity contribution in [2.24, 2.45) is 5.92 Å². The Morgan fingerprint density at radius 3 is 2.38 bits per heavy atom. The number of carbonyl (C=O) groups excluding carboxylic acids is 1. The first-order valence-corrected chi connectivity index (χ1v) is 9.56. The van der Waals surface area contributed by atoms with Crippen molar-refractivity contribution in [3.05, 3.63) is 48.5 Å². The summed E-state index contributed by atoms with van der Waals surface area (Å²) in [6, 6.07) is 16.4. The van der Waals surface area contributed by atoms with Gasteiger partial charge in [-0.05, 0) is 37.1 Å². The quantitative estimate of drug-likeness (QED) is 0.909. The zero-order chi connectivity index (χ0) is 16.5. The largest absolute Gasteiger partial charge is 0.327 e. The smallest absolute Gasteiger partial charge is 0.286 e. The summed E-state index contributed by atoms with van der Waals surface area (Å²) in [5.41, 5.74) is 2.05. The number of likely N-dealkylation sites (tertiary alicyclic amines) is 1. The van der Waals surface area contributed by atoms with Gasteiger partial charge in [-0.25, -0.2) is 0 Å². The number of fused-ring (bicyclic) bond motifs is 2. The van der Waals surface area contributed by atoms with Crippen molar-refractivity contribution >= 4 is 29.0 Å². The molecule has 0 aromatic heterocycles. The summed E-state index contributed by atoms with van der Waals surface area (Å²) < 4.78 is 0. The van der Waals surface area contributed by atoms with Gasteiger partial charge in [-0.15, -0.1) is 0 Å². The highest BCUT2D eigenvalue weighted by Crippen LogP contribution is 2.47. The van der Waals surface area contributed by atoms with Crippen LogP contribution in [0.1, 0.15) is 19.8 Å². The van der Waals surface area contributed by atoms with E-state index in [2.05, 4.69) is 31.2 Å². The maximum Gasteiger partial charge on any atom is 0.286 e. The van der Waals surface area contributed by atoms with Crippen LogP contribution in [0.15, 0.2) is 58.3 Å². The number of nitrogens with one attached hydrogen (secondary N) is 1. The lowest BCUT2D eigenvalue weighted by molar-refractivity contribution is -0.900. The molecule has 1 unspecified atom stereocenters. The van der Waals surface area contributed by atoms with Crippen LogP contribution in [0, 0.1) is 5.92 Å². The second-order valence-electron chi connectivity index (χ2n) is 6.89. The normalized spacial score (nSPS) is 22.6. The van der Waals surface area contributed by atoms with Crippen LogP contribution in [-0.4, -0.2) is 25.5 Å². The molecule has 4 heteroatoms. The molecule has 24 heavy (non-hydrogen) atoms. The van der Waals surface area contributed by atoms with Crippen LogP contribution in [0.25, 0.3) is 0 Å². The predicted molar refractivity (Wildman–Crippen MR) is 98.1 cm³/mol. The van der Waals surface area contributed by atoms with Crippen LogP contribution < -0.4 is 9.80 Å². The Morgan fingerprint density at radius 2 is 1.75 bits per heavy atom. The van der Waals surface area contributed by atoms with Gasteiger partial charge in [0.2, 0.25) is 0 Å². The number of quaternary nitrogens is 1. The Balaban J connectivity index is 1.65. The van der Waals surface area contributed by atoms with Crippen LogP contribution >= 0.6 is 11.8 Å². The van der Waals surface area contributed by atoms with Crippen molar-refractivity contribution in [2.45, 2.75) is 29.6 Å². The van der Waals surface area contributed by atoms with Gasteiger partial charge in [0, 0.05) is 15.7 Å². The maximum absolute atomic E-state index is 13.2. The molecule has 0 bridgehead atoms. The van der Waals surface area contributed by atoms with Crippen LogP contribution in [-0.2, 0) is 4.79 Å². The lowest BCUT2D eigenvalue weighted by Crippen LogP contribution is -3.14. The van der Waals surface area contributed by atoms with Gasteiger partial charge >= 0.3 is 0 Å². The van der Waals surface area contributed by atoms with Gasteiger partial charge in [0.15, 0.2) is 6.54 Å². The molecular formula is C20H23N2OS+. The Kier molecular flexibility index (Phi) is 4.33. The fourth-order valence-corrected chi connectivity index (χ4v) is 4.88. The fourth-order valence-electron chi connectivity index (χ4n) is 3.82. The molecule has 0 aliphatic carbocycles. The summed E-state index contributed by atoms with van der Waals surface area (Å²) in [6.07, 6.45) is 2.52. The molecule has 2 aromatic carbocycles. The molecule has 2 heterocycles. The summed E-state index contributed by atoms with van der Waals surface area (Å²) in [5.74, 6) is 0.928. The first-order chi connectivity index (χ1) is 11.7. The minimum absolute atomic E-state index is 0.208. The van der Waals surface area contributed by atoms with Crippen molar-refractivity contribution in [1.82, 2.24) is 0 Å². The standard InChI is InChI=1S/C20H22N2OS/c1-15-7-6-12-21(13-15)14-20(23)22-16-8-2-4-10-18(16)24-19-11-5-3-9-17(19)22/h2-5,8-11,15H,6-7,12-14H2,1H3/p+1/t15-/m1/s1. The van der Waals surface area contributed by atoms with Crippen LogP contribution in [0.4, 0.5) is 11.4 Å². The van der Waals surface area contributed by atoms with Gasteiger partial charge in [-0.2, -0.15) is 0 Å². The topological polar surface area (TPSA) is 24.8 Å². The van der Waals surface area contributed by atoms with Crippen molar-refractivity contribution in [1.29, 1.82) is 0 Å². The first kappa shape index (κ1) is 15.7. The summed E-state index contributed by atoms with van der Waals surface area (Å²) >= 11 is 1.75. The number of benzene rings is 2. The first-order valence-electron chi connectivity index (χ1n) is 8.75. The van der Waals surface area contributed by atoms with Gasteiger partial charge < -0.3 is 4.90 Å². The van der Waals surface area contributed by atoms with Crippen LogP contribution in [0.3, 0.4) is 0 Å². The number of carbonyl (C=O) groups is 1. The molecule has 0 spiro atoms. The SMILES string of the molecule is C[C@@H]1CCC[NH+](CC(=O)N2c3ccccc3Sc3ccccc32)C1. The number of hydrogen-bond acceptors (Lipinski definition) is 2. The predicted octanol–water partition coefficient (Wildman–Crippen LogP) is 3.13. The van der Waals surface area contributed by atoms with E-state index in [0.29, 0.717) is 6.54 Å². The summed E-state index contributed by atoms with van der Waals surface area (Å²) in [5, 5.41) is 0. The third-order valence-corrected chi connectivity index (χ3v) is 6.08. The van der Waals surface area contributed by atoms with Gasteiger partial charge in [0.1, 0.15) is 0 Å². The molecule has 2 aliphatic rings. The molecule has 1 amide bonds. The minimum atomic E-state index is 0.208. The van der Waals surface area contributed by atoms with Crippen molar-refractivity contribution < 1.29 is 9.69 Å². The Bertz CT molecular complexity index is 715. The van der Waals surface area contributed by atoms with Crippen molar-refractivity contribution in [3.63, 3.8) is 0 Å². The number of para-hydroxylation sites is 2. The van der Waals surface area contributed by atoms with Crippen LogP contribution in [0.5, 0.6) is 0 Å². The molecule has 3 nitrogen and oxygen atoms in total. The number of anilines is 2. The summed E-state index contributed by atoms with van der Waals surface area (Å²) in [4.78, 5) is 18.9. The average molecular weight is 339 g/mol. The van der Waals surface area contributed by atoms with Gasteiger partial charge in [0.25, 0.3) is 5.91 Å². The monoisotopic (exact) mass is 339 g/mol. The Morgan fingerprint density at radius 1 is 1.12 bits per heavy atom. The lowest BCUT2D eigenvalue weighted by Gasteiger charge is -2.33. The number of rotatable bonds is 2. The van der Waals surface area contributed by atoms with E-state index in [0.717, 1.165) is 40.2 Å². The average Bonchev–Trinajstić information content (AvgIpc) is 2.59. The van der Waals surface area contributed by atoms with E-state index in [9.17, 15) is 4.79 Å². The van der Waals surface area contributed by atoms with Crippen molar-refractivity contribution in [3.8, 4) is 0 Å². The molecule has 0 radical (unpaired) electrons. The molecule has 1 fully saturated rings. The molecule has 0 saturated carbocycles. The van der Waals surface area contributed by atoms with Crippen molar-refractivity contribution in [2.75, 3.05) is 24.5 Å². The van der Waals surface area contributed by atoms with E-state index in [-0.39, 0.29) is 5.91 Å². The number of amides is 1. The molecular weight excluding hydrogens is 316 g/mol. The zero-order valence-electron chi connectivity index (χ0n) is 14.0. The molecule has 2 aliphatic heterocycles. The van der Waals surface area contributed by atoms with E-state index < -0.39 is 0 Å². The Labute approximate surface area is 147 Å². The highest BCUT2D eigenvalue weighted by molar-refractivity contribution is 7.99. The zero-order valence-corrected chi connectivity index (χ0v) is 14.8. The second kappa shape index (κ2) is 6.61. The third kappa shape index (κ3) is 2.96. The second-order valence-corrected chi connectivity index (χ2v) is 7.98. The molecule has 124 valence electrons. The van der Waals surface area contributed by atoms with E-state index in [1.54, 1.807) is 11.8 Å². The van der Waals surface area contributed by atoms with E-state index >= 15 is 0 Å². The highest BCUT2D eigenvalue weighted by Gasteiger charge is 2.31. The number of nitrogens with zero attached hydrogens (tertiary/aromatic N) is 1. The molecule has 1 N–H and O–H groups in total. The number of piperidine rings is 1. The van der Waals surface area contributed by atoms with Gasteiger partial charge in [-0.1, -0.05) is 43.0 Å². The van der Waals surface area contributed by atoms with E-state index in [1.165, 1.54) is 17.7 Å². The molecule has 4 rings (SSSR count). The molecule has 1 saturated heterocycles. The fraction of sp³-hybridized carbons (Fsp3) is 0.350. The minimum Gasteiger partial charge on any atom is -0.327 e. The Hall–Kier alpha value is -1.78. The third-order valence-electron chi connectivity index (χ3n) is 4.95. The molecule has 2 aromatic rings. The van der Waals surface area contributed by atoms with Gasteiger partial charge in [0.05, 0.1) is 24.5 Å². The highest BCUT2D eigenvalue weighted by atomic mass is 32.2. The van der Waals surface area contributed by atoms with E-state index in [1.807, 2.05) is 29.2 Å². The summed E-state index contributed by atoms with van der Waals surface area (Å²) in [6.45, 7) is 5.10. The summed E-state index contributed by atoms with van der Waals surface area (Å²) in [7, 11) is 0. The van der Waals surface area contributed by atoms with Gasteiger partial charge in [-0.3, -0.25) is 9.69 Å². The maximum atomic E-state index is 13.2. The molecule has 2 atom stereocenters. The lowest BCUT2D eigenvalue weighted by atomic mass is 10.0. The number of hydrogen-bond donors (Lipinski definition) is 1.